The van der Waals surface area contributed by atoms with E-state index in [9.17, 15) is 0 Å². The van der Waals surface area contributed by atoms with Gasteiger partial charge < -0.3 is 0 Å². The summed E-state index contributed by atoms with van der Waals surface area (Å²) in [6, 6.07) is 29.0. The highest BCUT2D eigenvalue weighted by Crippen LogP contribution is 2.34. The van der Waals surface area contributed by atoms with Crippen molar-refractivity contribution in [2.45, 2.75) is 0 Å². The normalized spacial score (nSPS) is 11.3. The van der Waals surface area contributed by atoms with Gasteiger partial charge in [0.25, 0.3) is 0 Å². The van der Waals surface area contributed by atoms with Gasteiger partial charge >= 0.3 is 0 Å². The van der Waals surface area contributed by atoms with E-state index in [4.69, 9.17) is 0 Å². The second-order valence-corrected chi connectivity index (χ2v) is 7.08. The molecule has 0 aliphatic heterocycles. The predicted octanol–water partition coefficient (Wildman–Crippen LogP) is 5.98. The quantitative estimate of drug-likeness (QED) is 0.365. The maximum Gasteiger partial charge on any atom is 0.168 e. The molecule has 4 heteroatoms. The number of hydrogen-bond acceptors (Lipinski definition) is 2. The van der Waals surface area contributed by atoms with Crippen LogP contribution in [0, 0.1) is 0 Å². The molecule has 0 aliphatic carbocycles. The van der Waals surface area contributed by atoms with Crippen LogP contribution in [0.5, 0.6) is 0 Å². The molecule has 0 unspecified atom stereocenters. The first-order valence-corrected chi connectivity index (χ1v) is 9.19. The number of aromatic nitrogens is 3. The van der Waals surface area contributed by atoms with Crippen molar-refractivity contribution in [3.8, 4) is 22.5 Å². The molecule has 2 heterocycles. The maximum absolute atomic E-state index is 4.47. The maximum atomic E-state index is 4.47. The molecule has 0 atom stereocenters. The Morgan fingerprint density at radius 3 is 2.12 bits per heavy atom. The number of benzene rings is 3. The van der Waals surface area contributed by atoms with Crippen molar-refractivity contribution in [2.75, 3.05) is 0 Å². The lowest BCUT2D eigenvalue weighted by atomic mass is 10.0. The van der Waals surface area contributed by atoms with Crippen molar-refractivity contribution in [1.82, 2.24) is 14.6 Å². The summed E-state index contributed by atoms with van der Waals surface area (Å²) in [5.74, 6) is 0.854. The molecule has 0 saturated heterocycles. The van der Waals surface area contributed by atoms with E-state index < -0.39 is 0 Å². The first kappa shape index (κ1) is 15.3. The number of halogens is 1. The highest BCUT2D eigenvalue weighted by molar-refractivity contribution is 9.10. The van der Waals surface area contributed by atoms with Crippen molar-refractivity contribution in [3.63, 3.8) is 0 Å². The fourth-order valence-corrected chi connectivity index (χ4v) is 3.74. The van der Waals surface area contributed by atoms with Crippen LogP contribution in [-0.4, -0.2) is 14.6 Å². The zero-order valence-electron chi connectivity index (χ0n) is 13.8. The molecular weight excluding hydrogens is 386 g/mol. The molecule has 0 N–H and O–H groups in total. The third-order valence-electron chi connectivity index (χ3n) is 4.57. The van der Waals surface area contributed by atoms with Crippen molar-refractivity contribution >= 4 is 32.5 Å². The molecule has 3 nitrogen and oxygen atoms in total. The van der Waals surface area contributed by atoms with Crippen LogP contribution in [0.2, 0.25) is 0 Å². The van der Waals surface area contributed by atoms with Gasteiger partial charge in [-0.2, -0.15) is 0 Å². The molecule has 5 aromatic rings. The lowest BCUT2D eigenvalue weighted by Crippen LogP contribution is -1.94. The van der Waals surface area contributed by atoms with Crippen LogP contribution in [-0.2, 0) is 0 Å². The summed E-state index contributed by atoms with van der Waals surface area (Å²) in [5, 5.41) is 10.1. The zero-order valence-corrected chi connectivity index (χ0v) is 15.4. The summed E-state index contributed by atoms with van der Waals surface area (Å²) in [7, 11) is 0. The summed E-state index contributed by atoms with van der Waals surface area (Å²) >= 11 is 3.62. The van der Waals surface area contributed by atoms with Crippen molar-refractivity contribution in [3.05, 3.63) is 89.4 Å². The average Bonchev–Trinajstić information content (AvgIpc) is 3.12. The second-order valence-electron chi connectivity index (χ2n) is 6.17. The van der Waals surface area contributed by atoms with Gasteiger partial charge in [0.15, 0.2) is 11.5 Å². The van der Waals surface area contributed by atoms with Crippen LogP contribution >= 0.6 is 15.9 Å². The van der Waals surface area contributed by atoms with Gasteiger partial charge in [0, 0.05) is 15.4 Å². The van der Waals surface area contributed by atoms with Crippen molar-refractivity contribution in [2.24, 2.45) is 0 Å². The predicted molar refractivity (Wildman–Crippen MR) is 109 cm³/mol. The third kappa shape index (κ3) is 2.42. The van der Waals surface area contributed by atoms with Crippen LogP contribution in [0.4, 0.5) is 0 Å². The Bertz CT molecular complexity index is 1230. The Labute approximate surface area is 159 Å². The van der Waals surface area contributed by atoms with E-state index in [1.54, 1.807) is 0 Å². The largest absolute Gasteiger partial charge is 0.275 e. The minimum atomic E-state index is 0.845. The molecule has 0 saturated carbocycles. The third-order valence-corrected chi connectivity index (χ3v) is 5.06. The summed E-state index contributed by atoms with van der Waals surface area (Å²) < 4.78 is 3.18. The van der Waals surface area contributed by atoms with E-state index in [-0.39, 0.29) is 0 Å². The fourth-order valence-electron chi connectivity index (χ4n) is 3.38. The summed E-state index contributed by atoms with van der Waals surface area (Å²) in [5.41, 5.74) is 5.31. The van der Waals surface area contributed by atoms with Crippen LogP contribution in [0.15, 0.2) is 89.4 Å². The molecule has 26 heavy (non-hydrogen) atoms. The van der Waals surface area contributed by atoms with Gasteiger partial charge in [-0.25, -0.2) is 0 Å². The number of rotatable bonds is 2. The lowest BCUT2D eigenvalue weighted by molar-refractivity contribution is 1.12. The van der Waals surface area contributed by atoms with E-state index in [2.05, 4.69) is 91.2 Å². The summed E-state index contributed by atoms with van der Waals surface area (Å²) in [6.45, 7) is 0. The number of fused-ring (bicyclic) bond motifs is 3. The topological polar surface area (TPSA) is 30.2 Å². The Balaban J connectivity index is 1.91. The Morgan fingerprint density at radius 1 is 0.692 bits per heavy atom. The fraction of sp³-hybridized carbons (Fsp3) is 0. The van der Waals surface area contributed by atoms with E-state index >= 15 is 0 Å². The van der Waals surface area contributed by atoms with Gasteiger partial charge in [-0.3, -0.25) is 4.40 Å². The summed E-state index contributed by atoms with van der Waals surface area (Å²) in [6.07, 6.45) is 0. The molecule has 3 aromatic carbocycles. The standard InChI is InChI=1S/C22H14BrN3/c23-17-11-12-20-19(13-17)18(15-7-3-1-4-8-15)14-21-24-25-22(26(20)21)16-9-5-2-6-10-16/h1-14H. The Hall–Kier alpha value is -2.98. The lowest BCUT2D eigenvalue weighted by Gasteiger charge is -2.11. The second kappa shape index (κ2) is 6.07. The van der Waals surface area contributed by atoms with Crippen LogP contribution in [0.25, 0.3) is 39.1 Å². The van der Waals surface area contributed by atoms with E-state index in [0.29, 0.717) is 0 Å². The number of nitrogens with zero attached hydrogens (tertiary/aromatic N) is 3. The van der Waals surface area contributed by atoms with Crippen LogP contribution < -0.4 is 0 Å². The molecule has 0 aliphatic rings. The Morgan fingerprint density at radius 2 is 1.38 bits per heavy atom. The monoisotopic (exact) mass is 399 g/mol. The minimum absolute atomic E-state index is 0.845. The SMILES string of the molecule is Brc1ccc2c(c1)c(-c1ccccc1)cc1nnc(-c3ccccc3)n12. The first-order valence-electron chi connectivity index (χ1n) is 8.39. The van der Waals surface area contributed by atoms with Crippen LogP contribution in [0.3, 0.4) is 0 Å². The van der Waals surface area contributed by atoms with Crippen molar-refractivity contribution in [1.29, 1.82) is 0 Å². The highest BCUT2D eigenvalue weighted by atomic mass is 79.9. The average molecular weight is 400 g/mol. The minimum Gasteiger partial charge on any atom is -0.275 e. The van der Waals surface area contributed by atoms with Gasteiger partial charge in [0.2, 0.25) is 0 Å². The molecule has 0 radical (unpaired) electrons. The van der Waals surface area contributed by atoms with Crippen LogP contribution in [0.1, 0.15) is 0 Å². The van der Waals surface area contributed by atoms with Gasteiger partial charge in [-0.15, -0.1) is 10.2 Å². The molecule has 5 rings (SSSR count). The molecule has 2 aromatic heterocycles. The van der Waals surface area contributed by atoms with E-state index in [1.807, 2.05) is 24.3 Å². The smallest absolute Gasteiger partial charge is 0.168 e. The van der Waals surface area contributed by atoms with Crippen molar-refractivity contribution < 1.29 is 0 Å². The van der Waals surface area contributed by atoms with Gasteiger partial charge in [0.1, 0.15) is 0 Å². The summed E-state index contributed by atoms with van der Waals surface area (Å²) in [4.78, 5) is 0. The number of hydrogen-bond donors (Lipinski definition) is 0. The molecule has 0 bridgehead atoms. The molecular formula is C22H14BrN3. The van der Waals surface area contributed by atoms with E-state index in [0.717, 1.165) is 38.0 Å². The van der Waals surface area contributed by atoms with Gasteiger partial charge in [-0.1, -0.05) is 76.6 Å². The van der Waals surface area contributed by atoms with Gasteiger partial charge in [-0.05, 0) is 35.4 Å². The molecule has 0 amide bonds. The zero-order chi connectivity index (χ0) is 17.5. The molecule has 0 fully saturated rings. The van der Waals surface area contributed by atoms with Gasteiger partial charge in [0.05, 0.1) is 5.52 Å². The first-order chi connectivity index (χ1) is 12.8. The number of pyridine rings is 1. The Kier molecular flexibility index (Phi) is 3.57. The molecule has 124 valence electrons. The van der Waals surface area contributed by atoms with E-state index in [1.165, 1.54) is 5.56 Å². The highest BCUT2D eigenvalue weighted by Gasteiger charge is 2.15. The molecule has 0 spiro atoms.